The van der Waals surface area contributed by atoms with E-state index in [1.807, 2.05) is 0 Å². The van der Waals surface area contributed by atoms with Gasteiger partial charge in [0, 0.05) is 0 Å². The number of hydrogen-bond acceptors (Lipinski definition) is 0. The Morgan fingerprint density at radius 1 is 0.562 bits per heavy atom. The van der Waals surface area contributed by atoms with Crippen LogP contribution >= 0.6 is 0 Å². The van der Waals surface area contributed by atoms with E-state index in [0.717, 1.165) is 0 Å². The molecule has 0 aromatic heterocycles. The maximum atomic E-state index is 2.31. The first-order valence-electron chi connectivity index (χ1n) is 11.1. The Kier molecular flexibility index (Phi) is 5.44. The third-order valence-corrected chi connectivity index (χ3v) is 6.03. The van der Waals surface area contributed by atoms with E-state index < -0.39 is 0 Å². The molecule has 0 nitrogen and oxygen atoms in total. The average Bonchev–Trinajstić information content (AvgIpc) is 2.84. The van der Waals surface area contributed by atoms with E-state index in [2.05, 4.69) is 135 Å². The number of fused-ring (bicyclic) bond motifs is 1. The Bertz CT molecular complexity index is 1400. The predicted molar refractivity (Wildman–Crippen MR) is 139 cm³/mol. The summed E-state index contributed by atoms with van der Waals surface area (Å²) in [6.45, 7) is 4.26. The maximum absolute atomic E-state index is 2.31. The third kappa shape index (κ3) is 4.13. The topological polar surface area (TPSA) is 0 Å². The molecule has 32 heavy (non-hydrogen) atoms. The molecule has 5 aromatic rings. The number of benzene rings is 5. The van der Waals surface area contributed by atoms with Crippen molar-refractivity contribution in [3.8, 4) is 11.1 Å². The SMILES string of the molecule is Cc1ccc(C=C(c2ccc(C)cc2)c2ccccc2-c2ccc3ccccc3c2)cc1. The summed E-state index contributed by atoms with van der Waals surface area (Å²) in [4.78, 5) is 0. The molecule has 0 unspecified atom stereocenters. The van der Waals surface area contributed by atoms with E-state index in [4.69, 9.17) is 0 Å². The molecule has 154 valence electrons. The van der Waals surface area contributed by atoms with Crippen LogP contribution in [0.3, 0.4) is 0 Å². The van der Waals surface area contributed by atoms with Gasteiger partial charge in [-0.2, -0.15) is 0 Å². The van der Waals surface area contributed by atoms with Crippen molar-refractivity contribution in [3.05, 3.63) is 143 Å². The zero-order valence-corrected chi connectivity index (χ0v) is 18.5. The van der Waals surface area contributed by atoms with Gasteiger partial charge in [0.15, 0.2) is 0 Å². The summed E-state index contributed by atoms with van der Waals surface area (Å²) in [5.41, 5.74) is 9.94. The van der Waals surface area contributed by atoms with E-state index in [-0.39, 0.29) is 0 Å². The standard InChI is InChI=1S/C32H26/c1-23-11-15-25(16-12-23)21-32(27-17-13-24(2)14-18-27)31-10-6-5-9-30(31)29-20-19-26-7-3-4-8-28(26)22-29/h3-22H,1-2H3. The highest BCUT2D eigenvalue weighted by molar-refractivity contribution is 5.98. The number of rotatable bonds is 4. The Morgan fingerprint density at radius 2 is 1.19 bits per heavy atom. The van der Waals surface area contributed by atoms with Crippen LogP contribution in [-0.2, 0) is 0 Å². The van der Waals surface area contributed by atoms with Gasteiger partial charge in [-0.25, -0.2) is 0 Å². The second-order valence-corrected chi connectivity index (χ2v) is 8.44. The van der Waals surface area contributed by atoms with Crippen LogP contribution in [0.15, 0.2) is 115 Å². The fourth-order valence-electron chi connectivity index (χ4n) is 4.21. The molecule has 0 heteroatoms. The van der Waals surface area contributed by atoms with Gasteiger partial charge >= 0.3 is 0 Å². The highest BCUT2D eigenvalue weighted by Gasteiger charge is 2.12. The van der Waals surface area contributed by atoms with Crippen molar-refractivity contribution in [1.29, 1.82) is 0 Å². The molecule has 0 N–H and O–H groups in total. The molecule has 5 aromatic carbocycles. The minimum atomic E-state index is 1.21. The normalized spacial score (nSPS) is 11.6. The molecule has 5 rings (SSSR count). The predicted octanol–water partition coefficient (Wildman–Crippen LogP) is 8.71. The lowest BCUT2D eigenvalue weighted by atomic mass is 9.88. The minimum Gasteiger partial charge on any atom is -0.0616 e. The highest BCUT2D eigenvalue weighted by Crippen LogP contribution is 2.35. The minimum absolute atomic E-state index is 1.21. The van der Waals surface area contributed by atoms with E-state index in [1.54, 1.807) is 0 Å². The van der Waals surface area contributed by atoms with Crippen molar-refractivity contribution in [2.24, 2.45) is 0 Å². The first-order chi connectivity index (χ1) is 15.7. The Hall–Kier alpha value is -3.90. The third-order valence-electron chi connectivity index (χ3n) is 6.03. The van der Waals surface area contributed by atoms with Crippen LogP contribution in [0.4, 0.5) is 0 Å². The summed E-state index contributed by atoms with van der Waals surface area (Å²) in [6, 6.07) is 41.6. The van der Waals surface area contributed by atoms with Crippen molar-refractivity contribution in [2.45, 2.75) is 13.8 Å². The monoisotopic (exact) mass is 410 g/mol. The lowest BCUT2D eigenvalue weighted by Gasteiger charge is -2.15. The summed E-state index contributed by atoms with van der Waals surface area (Å²) >= 11 is 0. The largest absolute Gasteiger partial charge is 0.0616 e. The van der Waals surface area contributed by atoms with E-state index in [9.17, 15) is 0 Å². The lowest BCUT2D eigenvalue weighted by molar-refractivity contribution is 1.44. The fraction of sp³-hybridized carbons (Fsp3) is 0.0625. The van der Waals surface area contributed by atoms with Gasteiger partial charge in [0.05, 0.1) is 0 Å². The molecule has 0 heterocycles. The second-order valence-electron chi connectivity index (χ2n) is 8.44. The van der Waals surface area contributed by atoms with E-state index in [0.29, 0.717) is 0 Å². The molecule has 0 atom stereocenters. The van der Waals surface area contributed by atoms with E-state index in [1.165, 1.54) is 55.3 Å². The molecule has 0 fully saturated rings. The Labute approximate surface area is 190 Å². The van der Waals surface area contributed by atoms with Gasteiger partial charge in [-0.3, -0.25) is 0 Å². The molecule has 0 bridgehead atoms. The molecular formula is C32H26. The van der Waals surface area contributed by atoms with Gasteiger partial charge < -0.3 is 0 Å². The molecule has 0 aliphatic heterocycles. The Morgan fingerprint density at radius 3 is 1.94 bits per heavy atom. The molecule has 0 saturated carbocycles. The zero-order chi connectivity index (χ0) is 21.9. The van der Waals surface area contributed by atoms with Gasteiger partial charge in [0.2, 0.25) is 0 Å². The molecular weight excluding hydrogens is 384 g/mol. The van der Waals surface area contributed by atoms with Crippen LogP contribution in [0.25, 0.3) is 33.5 Å². The molecule has 0 saturated heterocycles. The Balaban J connectivity index is 1.71. The summed E-state index contributed by atoms with van der Waals surface area (Å²) in [5.74, 6) is 0. The summed E-state index contributed by atoms with van der Waals surface area (Å²) < 4.78 is 0. The average molecular weight is 411 g/mol. The number of hydrogen-bond donors (Lipinski definition) is 0. The van der Waals surface area contributed by atoms with Crippen molar-refractivity contribution in [3.63, 3.8) is 0 Å². The highest BCUT2D eigenvalue weighted by atomic mass is 14.2. The number of aryl methyl sites for hydroxylation is 2. The first kappa shape index (κ1) is 20.0. The summed E-state index contributed by atoms with van der Waals surface area (Å²) in [5, 5.41) is 2.53. The molecule has 0 radical (unpaired) electrons. The van der Waals surface area contributed by atoms with Crippen LogP contribution < -0.4 is 0 Å². The van der Waals surface area contributed by atoms with Crippen molar-refractivity contribution in [1.82, 2.24) is 0 Å². The van der Waals surface area contributed by atoms with Gasteiger partial charge in [-0.1, -0.05) is 120 Å². The van der Waals surface area contributed by atoms with Crippen LogP contribution in [0.2, 0.25) is 0 Å². The van der Waals surface area contributed by atoms with Crippen LogP contribution in [-0.4, -0.2) is 0 Å². The zero-order valence-electron chi connectivity index (χ0n) is 18.5. The van der Waals surface area contributed by atoms with Crippen molar-refractivity contribution < 1.29 is 0 Å². The fourth-order valence-corrected chi connectivity index (χ4v) is 4.21. The lowest BCUT2D eigenvalue weighted by Crippen LogP contribution is -1.93. The van der Waals surface area contributed by atoms with Gasteiger partial charge in [-0.15, -0.1) is 0 Å². The van der Waals surface area contributed by atoms with Gasteiger partial charge in [0.25, 0.3) is 0 Å². The van der Waals surface area contributed by atoms with E-state index >= 15 is 0 Å². The van der Waals surface area contributed by atoms with Crippen LogP contribution in [0.1, 0.15) is 27.8 Å². The van der Waals surface area contributed by atoms with Gasteiger partial charge in [0.1, 0.15) is 0 Å². The van der Waals surface area contributed by atoms with Crippen molar-refractivity contribution in [2.75, 3.05) is 0 Å². The van der Waals surface area contributed by atoms with Crippen LogP contribution in [0.5, 0.6) is 0 Å². The molecule has 0 spiro atoms. The van der Waals surface area contributed by atoms with Gasteiger partial charge in [-0.05, 0) is 70.2 Å². The molecule has 0 aliphatic rings. The van der Waals surface area contributed by atoms with Crippen LogP contribution in [0, 0.1) is 13.8 Å². The second kappa shape index (κ2) is 8.69. The summed E-state index contributed by atoms with van der Waals surface area (Å²) in [7, 11) is 0. The maximum Gasteiger partial charge on any atom is -0.00992 e. The van der Waals surface area contributed by atoms with Crippen molar-refractivity contribution >= 4 is 22.4 Å². The molecule has 0 aliphatic carbocycles. The summed E-state index contributed by atoms with van der Waals surface area (Å²) in [6.07, 6.45) is 2.31. The quantitative estimate of drug-likeness (QED) is 0.260. The first-order valence-corrected chi connectivity index (χ1v) is 11.1. The smallest absolute Gasteiger partial charge is 0.00992 e. The molecule has 0 amide bonds.